The average Bonchev–Trinajstić information content (AvgIpc) is 2.86. The van der Waals surface area contributed by atoms with Crippen molar-refractivity contribution in [3.63, 3.8) is 0 Å². The summed E-state index contributed by atoms with van der Waals surface area (Å²) in [4.78, 5) is 12.5. The monoisotopic (exact) mass is 307 g/mol. The Hall–Kier alpha value is -1.69. The fourth-order valence-corrected chi connectivity index (χ4v) is 2.33. The van der Waals surface area contributed by atoms with Gasteiger partial charge in [0.05, 0.1) is 30.4 Å². The molecule has 1 aromatic carbocycles. The molecular weight excluding hydrogens is 290 g/mol. The predicted molar refractivity (Wildman–Crippen MR) is 81.6 cm³/mol. The first-order chi connectivity index (χ1) is 10.1. The van der Waals surface area contributed by atoms with Gasteiger partial charge < -0.3 is 10.5 Å². The number of nitrogens with zero attached hydrogens (tertiary/aromatic N) is 2. The first-order valence-electron chi connectivity index (χ1n) is 6.67. The summed E-state index contributed by atoms with van der Waals surface area (Å²) in [5.41, 5.74) is 7.38. The van der Waals surface area contributed by atoms with E-state index in [2.05, 4.69) is 5.10 Å². The molecule has 0 spiro atoms. The number of ketones is 1. The van der Waals surface area contributed by atoms with Gasteiger partial charge in [0.1, 0.15) is 5.69 Å². The number of nitrogens with two attached hydrogens (primary N) is 1. The lowest BCUT2D eigenvalue weighted by atomic mass is 10.0. The van der Waals surface area contributed by atoms with Crippen LogP contribution in [0, 0.1) is 0 Å². The van der Waals surface area contributed by atoms with E-state index in [0.717, 1.165) is 5.56 Å². The standard InChI is InChI=1S/C15H18ClN3O2/c1-21-8-7-19-14(12(16)10-18-19)15(20)13(17)9-11-5-3-2-4-6-11/h2-6,10,13H,7-9,17H2,1H3. The van der Waals surface area contributed by atoms with Gasteiger partial charge in [-0.15, -0.1) is 0 Å². The summed E-state index contributed by atoms with van der Waals surface area (Å²) in [5, 5.41) is 4.41. The molecule has 0 radical (unpaired) electrons. The fraction of sp³-hybridized carbons (Fsp3) is 0.333. The van der Waals surface area contributed by atoms with Crippen molar-refractivity contribution >= 4 is 17.4 Å². The summed E-state index contributed by atoms with van der Waals surface area (Å²) in [5.74, 6) is -0.211. The van der Waals surface area contributed by atoms with Crippen molar-refractivity contribution in [3.05, 3.63) is 52.8 Å². The number of carbonyl (C=O) groups is 1. The number of Topliss-reactive ketones (excluding diaryl/α,β-unsaturated/α-hetero) is 1. The molecule has 0 saturated heterocycles. The van der Waals surface area contributed by atoms with E-state index in [1.807, 2.05) is 30.3 Å². The average molecular weight is 308 g/mol. The maximum Gasteiger partial charge on any atom is 0.199 e. The Kier molecular flexibility index (Phi) is 5.50. The minimum Gasteiger partial charge on any atom is -0.383 e. The van der Waals surface area contributed by atoms with Crippen LogP contribution in [-0.2, 0) is 17.7 Å². The van der Waals surface area contributed by atoms with E-state index in [4.69, 9.17) is 22.1 Å². The van der Waals surface area contributed by atoms with Crippen LogP contribution in [0.25, 0.3) is 0 Å². The summed E-state index contributed by atoms with van der Waals surface area (Å²) >= 11 is 6.07. The number of ether oxygens (including phenoxy) is 1. The molecule has 1 heterocycles. The fourth-order valence-electron chi connectivity index (χ4n) is 2.09. The number of hydrogen-bond donors (Lipinski definition) is 1. The molecule has 6 heteroatoms. The molecule has 0 aliphatic heterocycles. The lowest BCUT2D eigenvalue weighted by Gasteiger charge is -2.12. The highest BCUT2D eigenvalue weighted by Gasteiger charge is 2.23. The summed E-state index contributed by atoms with van der Waals surface area (Å²) < 4.78 is 6.54. The van der Waals surface area contributed by atoms with Gasteiger partial charge in [-0.3, -0.25) is 9.48 Å². The van der Waals surface area contributed by atoms with Gasteiger partial charge in [-0.25, -0.2) is 0 Å². The van der Waals surface area contributed by atoms with Gasteiger partial charge in [-0.05, 0) is 12.0 Å². The molecule has 1 unspecified atom stereocenters. The van der Waals surface area contributed by atoms with Gasteiger partial charge in [0.15, 0.2) is 5.78 Å². The third-order valence-corrected chi connectivity index (χ3v) is 3.45. The highest BCUT2D eigenvalue weighted by atomic mass is 35.5. The molecule has 0 bridgehead atoms. The van der Waals surface area contributed by atoms with E-state index in [-0.39, 0.29) is 5.78 Å². The van der Waals surface area contributed by atoms with Crippen molar-refractivity contribution in [1.29, 1.82) is 0 Å². The summed E-state index contributed by atoms with van der Waals surface area (Å²) in [7, 11) is 1.59. The molecule has 0 saturated carbocycles. The number of carbonyl (C=O) groups excluding carboxylic acids is 1. The van der Waals surface area contributed by atoms with Crippen LogP contribution >= 0.6 is 11.6 Å². The highest BCUT2D eigenvalue weighted by Crippen LogP contribution is 2.18. The Morgan fingerprint density at radius 1 is 1.43 bits per heavy atom. The number of aromatic nitrogens is 2. The minimum absolute atomic E-state index is 0.211. The molecule has 2 N–H and O–H groups in total. The van der Waals surface area contributed by atoms with Gasteiger partial charge >= 0.3 is 0 Å². The Morgan fingerprint density at radius 3 is 2.81 bits per heavy atom. The number of halogens is 1. The van der Waals surface area contributed by atoms with Crippen molar-refractivity contribution in [2.75, 3.05) is 13.7 Å². The van der Waals surface area contributed by atoms with Crippen LogP contribution in [0.4, 0.5) is 0 Å². The van der Waals surface area contributed by atoms with Crippen LogP contribution in [-0.4, -0.2) is 35.3 Å². The number of methoxy groups -OCH3 is 1. The van der Waals surface area contributed by atoms with Crippen LogP contribution in [0.3, 0.4) is 0 Å². The van der Waals surface area contributed by atoms with Gasteiger partial charge in [0.2, 0.25) is 0 Å². The van der Waals surface area contributed by atoms with Crippen molar-refractivity contribution in [1.82, 2.24) is 9.78 Å². The van der Waals surface area contributed by atoms with Crippen LogP contribution in [0.15, 0.2) is 36.5 Å². The predicted octanol–water partition coefficient (Wildman–Crippen LogP) is 1.94. The zero-order valence-corrected chi connectivity index (χ0v) is 12.6. The second-order valence-corrected chi connectivity index (χ2v) is 5.12. The van der Waals surface area contributed by atoms with Crippen LogP contribution < -0.4 is 5.73 Å². The lowest BCUT2D eigenvalue weighted by molar-refractivity contribution is 0.0947. The molecule has 21 heavy (non-hydrogen) atoms. The van der Waals surface area contributed by atoms with Crippen molar-refractivity contribution < 1.29 is 9.53 Å². The molecule has 112 valence electrons. The SMILES string of the molecule is COCCn1ncc(Cl)c1C(=O)C(N)Cc1ccccc1. The van der Waals surface area contributed by atoms with Gasteiger partial charge in [0, 0.05) is 7.11 Å². The van der Waals surface area contributed by atoms with Crippen LogP contribution in [0.1, 0.15) is 16.1 Å². The molecular formula is C15H18ClN3O2. The van der Waals surface area contributed by atoms with E-state index in [0.29, 0.717) is 30.3 Å². The van der Waals surface area contributed by atoms with Crippen LogP contribution in [0.2, 0.25) is 5.02 Å². The molecule has 5 nitrogen and oxygen atoms in total. The topological polar surface area (TPSA) is 70.1 Å². The van der Waals surface area contributed by atoms with E-state index in [9.17, 15) is 4.79 Å². The second-order valence-electron chi connectivity index (χ2n) is 4.72. The van der Waals surface area contributed by atoms with E-state index in [1.165, 1.54) is 6.20 Å². The molecule has 2 aromatic rings. The summed E-state index contributed by atoms with van der Waals surface area (Å²) in [6.45, 7) is 0.911. The van der Waals surface area contributed by atoms with Gasteiger partial charge in [-0.2, -0.15) is 5.10 Å². The number of rotatable bonds is 7. The maximum absolute atomic E-state index is 12.5. The van der Waals surface area contributed by atoms with E-state index >= 15 is 0 Å². The molecule has 2 rings (SSSR count). The lowest BCUT2D eigenvalue weighted by Crippen LogP contribution is -2.34. The maximum atomic E-state index is 12.5. The Balaban J connectivity index is 2.13. The van der Waals surface area contributed by atoms with Crippen molar-refractivity contribution in [2.24, 2.45) is 5.73 Å². The third-order valence-electron chi connectivity index (χ3n) is 3.17. The first kappa shape index (κ1) is 15.7. The second kappa shape index (κ2) is 7.36. The minimum atomic E-state index is -0.650. The summed E-state index contributed by atoms with van der Waals surface area (Å²) in [6, 6.07) is 8.99. The van der Waals surface area contributed by atoms with Gasteiger partial charge in [0.25, 0.3) is 0 Å². The highest BCUT2D eigenvalue weighted by molar-refractivity contribution is 6.33. The number of benzene rings is 1. The van der Waals surface area contributed by atoms with E-state index < -0.39 is 6.04 Å². The molecule has 0 aliphatic carbocycles. The zero-order valence-electron chi connectivity index (χ0n) is 11.8. The first-order valence-corrected chi connectivity index (χ1v) is 7.05. The number of hydrogen-bond acceptors (Lipinski definition) is 4. The molecule has 0 amide bonds. The molecule has 0 aliphatic rings. The molecule has 1 aromatic heterocycles. The Morgan fingerprint density at radius 2 is 2.14 bits per heavy atom. The Bertz CT molecular complexity index is 598. The quantitative estimate of drug-likeness (QED) is 0.794. The van der Waals surface area contributed by atoms with E-state index in [1.54, 1.807) is 11.8 Å². The molecule has 0 fully saturated rings. The summed E-state index contributed by atoms with van der Waals surface area (Å²) in [6.07, 6.45) is 1.92. The zero-order chi connectivity index (χ0) is 15.2. The molecule has 1 atom stereocenters. The normalized spacial score (nSPS) is 12.3. The largest absolute Gasteiger partial charge is 0.383 e. The third kappa shape index (κ3) is 3.91. The smallest absolute Gasteiger partial charge is 0.199 e. The van der Waals surface area contributed by atoms with Gasteiger partial charge in [-0.1, -0.05) is 41.9 Å². The Labute approximate surface area is 128 Å². The van der Waals surface area contributed by atoms with Crippen molar-refractivity contribution in [2.45, 2.75) is 19.0 Å². The van der Waals surface area contributed by atoms with Crippen LogP contribution in [0.5, 0.6) is 0 Å². The van der Waals surface area contributed by atoms with Crippen molar-refractivity contribution in [3.8, 4) is 0 Å².